The Bertz CT molecular complexity index is 404. The molecule has 0 fully saturated rings. The first kappa shape index (κ1) is 13.5. The van der Waals surface area contributed by atoms with E-state index in [1.165, 1.54) is 15.6 Å². The fraction of sp³-hybridized carbons (Fsp3) is 0.583. The van der Waals surface area contributed by atoms with E-state index in [0.29, 0.717) is 6.54 Å². The third kappa shape index (κ3) is 2.55. The lowest BCUT2D eigenvalue weighted by atomic mass is 10.2. The molecule has 0 aliphatic carbocycles. The van der Waals surface area contributed by atoms with Crippen LogP contribution >= 0.6 is 11.3 Å². The Morgan fingerprint density at radius 2 is 1.88 bits per heavy atom. The zero-order chi connectivity index (χ0) is 12.5. The molecule has 1 heterocycles. The summed E-state index contributed by atoms with van der Waals surface area (Å²) in [6.07, 6.45) is 0. The average Bonchev–Trinajstić information content (AvgIpc) is 2.43. The standard InChI is InChI=1S/C12H21NOSSi/c1-7-13-12(14)10-11(16(4,5)6)8(2)9(3)15-10/h7H2,1-6H3,(H,13,14). The number of aryl methyl sites for hydroxylation is 1. The van der Waals surface area contributed by atoms with Gasteiger partial charge in [-0.3, -0.25) is 4.79 Å². The molecule has 2 nitrogen and oxygen atoms in total. The summed E-state index contributed by atoms with van der Waals surface area (Å²) in [5, 5.41) is 4.24. The molecule has 90 valence electrons. The normalized spacial score (nSPS) is 11.6. The Hall–Kier alpha value is -0.613. The van der Waals surface area contributed by atoms with Crippen LogP contribution in [0.4, 0.5) is 0 Å². The van der Waals surface area contributed by atoms with E-state index in [0.717, 1.165) is 4.88 Å². The molecule has 1 amide bonds. The number of hydrogen-bond donors (Lipinski definition) is 1. The van der Waals surface area contributed by atoms with E-state index >= 15 is 0 Å². The highest BCUT2D eigenvalue weighted by Crippen LogP contribution is 2.22. The zero-order valence-electron chi connectivity index (χ0n) is 11.0. The Kier molecular flexibility index (Phi) is 3.96. The van der Waals surface area contributed by atoms with Gasteiger partial charge in [-0.2, -0.15) is 0 Å². The quantitative estimate of drug-likeness (QED) is 0.827. The number of carbonyl (C=O) groups is 1. The van der Waals surface area contributed by atoms with Crippen LogP contribution in [0.3, 0.4) is 0 Å². The third-order valence-corrected chi connectivity index (χ3v) is 6.19. The Morgan fingerprint density at radius 1 is 1.31 bits per heavy atom. The van der Waals surface area contributed by atoms with Gasteiger partial charge in [-0.25, -0.2) is 0 Å². The van der Waals surface area contributed by atoms with Gasteiger partial charge in [0.15, 0.2) is 0 Å². The van der Waals surface area contributed by atoms with Crippen molar-refractivity contribution in [3.63, 3.8) is 0 Å². The Morgan fingerprint density at radius 3 is 2.31 bits per heavy atom. The van der Waals surface area contributed by atoms with Gasteiger partial charge in [-0.15, -0.1) is 11.3 Å². The molecule has 1 N–H and O–H groups in total. The summed E-state index contributed by atoms with van der Waals surface area (Å²) in [4.78, 5) is 14.2. The molecule has 0 aliphatic rings. The molecular weight excluding hydrogens is 234 g/mol. The van der Waals surface area contributed by atoms with Crippen LogP contribution in [0.1, 0.15) is 27.0 Å². The highest BCUT2D eigenvalue weighted by molar-refractivity contribution is 7.16. The Balaban J connectivity index is 3.29. The van der Waals surface area contributed by atoms with Crippen molar-refractivity contribution in [2.45, 2.75) is 40.4 Å². The lowest BCUT2D eigenvalue weighted by Crippen LogP contribution is -2.43. The van der Waals surface area contributed by atoms with Gasteiger partial charge >= 0.3 is 0 Å². The maximum absolute atomic E-state index is 12.0. The van der Waals surface area contributed by atoms with Crippen molar-refractivity contribution in [3.8, 4) is 0 Å². The summed E-state index contributed by atoms with van der Waals surface area (Å²) in [5.41, 5.74) is 1.32. The minimum atomic E-state index is -1.44. The summed E-state index contributed by atoms with van der Waals surface area (Å²) in [6.45, 7) is 13.8. The number of rotatable bonds is 3. The summed E-state index contributed by atoms with van der Waals surface area (Å²) in [6, 6.07) is 0. The fourth-order valence-electron chi connectivity index (χ4n) is 1.93. The van der Waals surface area contributed by atoms with Crippen LogP contribution in [0, 0.1) is 13.8 Å². The van der Waals surface area contributed by atoms with Crippen LogP contribution in [-0.4, -0.2) is 20.5 Å². The first-order chi connectivity index (χ1) is 7.29. The van der Waals surface area contributed by atoms with E-state index < -0.39 is 8.07 Å². The molecule has 0 radical (unpaired) electrons. The second-order valence-electron chi connectivity index (χ2n) is 5.10. The first-order valence-electron chi connectivity index (χ1n) is 5.67. The van der Waals surface area contributed by atoms with Crippen LogP contribution in [0.15, 0.2) is 0 Å². The van der Waals surface area contributed by atoms with Crippen LogP contribution in [-0.2, 0) is 0 Å². The molecular formula is C12H21NOSSi. The molecule has 0 spiro atoms. The topological polar surface area (TPSA) is 29.1 Å². The maximum Gasteiger partial charge on any atom is 0.261 e. The van der Waals surface area contributed by atoms with E-state index in [4.69, 9.17) is 0 Å². The monoisotopic (exact) mass is 255 g/mol. The van der Waals surface area contributed by atoms with E-state index in [1.807, 2.05) is 6.92 Å². The second-order valence-corrected chi connectivity index (χ2v) is 11.3. The smallest absolute Gasteiger partial charge is 0.261 e. The van der Waals surface area contributed by atoms with Crippen molar-refractivity contribution in [2.75, 3.05) is 6.54 Å². The van der Waals surface area contributed by atoms with Crippen LogP contribution in [0.2, 0.25) is 19.6 Å². The molecule has 0 saturated carbocycles. The zero-order valence-corrected chi connectivity index (χ0v) is 12.8. The molecule has 0 aliphatic heterocycles. The molecule has 0 atom stereocenters. The molecule has 1 aromatic rings. The van der Waals surface area contributed by atoms with Gasteiger partial charge in [0, 0.05) is 11.4 Å². The maximum atomic E-state index is 12.0. The van der Waals surface area contributed by atoms with Crippen molar-refractivity contribution >= 4 is 30.5 Å². The molecule has 4 heteroatoms. The predicted molar refractivity (Wildman–Crippen MR) is 74.8 cm³/mol. The highest BCUT2D eigenvalue weighted by atomic mass is 32.1. The number of amides is 1. The molecule has 1 rings (SSSR count). The van der Waals surface area contributed by atoms with Gasteiger partial charge < -0.3 is 5.32 Å². The third-order valence-electron chi connectivity index (χ3n) is 2.68. The van der Waals surface area contributed by atoms with Gasteiger partial charge in [-0.1, -0.05) is 19.6 Å². The summed E-state index contributed by atoms with van der Waals surface area (Å²) in [7, 11) is -1.44. The van der Waals surface area contributed by atoms with Crippen LogP contribution in [0.25, 0.3) is 0 Å². The molecule has 0 saturated heterocycles. The van der Waals surface area contributed by atoms with Gasteiger partial charge in [0.05, 0.1) is 13.0 Å². The Labute approximate surface area is 103 Å². The lowest BCUT2D eigenvalue weighted by molar-refractivity contribution is 0.0960. The fourth-order valence-corrected chi connectivity index (χ4v) is 6.18. The number of nitrogens with one attached hydrogen (secondary N) is 1. The summed E-state index contributed by atoms with van der Waals surface area (Å²) in [5.74, 6) is 0.0983. The number of thiophene rings is 1. The van der Waals surface area contributed by atoms with E-state index in [-0.39, 0.29) is 5.91 Å². The minimum absolute atomic E-state index is 0.0983. The molecule has 0 aromatic carbocycles. The van der Waals surface area contributed by atoms with Gasteiger partial charge in [0.2, 0.25) is 0 Å². The van der Waals surface area contributed by atoms with Crippen molar-refractivity contribution < 1.29 is 4.79 Å². The summed E-state index contributed by atoms with van der Waals surface area (Å²) >= 11 is 1.64. The van der Waals surface area contributed by atoms with Crippen LogP contribution < -0.4 is 10.5 Å². The molecule has 0 bridgehead atoms. The lowest BCUT2D eigenvalue weighted by Gasteiger charge is -2.18. The van der Waals surface area contributed by atoms with Crippen molar-refractivity contribution in [1.82, 2.24) is 5.32 Å². The summed E-state index contributed by atoms with van der Waals surface area (Å²) < 4.78 is 0. The van der Waals surface area contributed by atoms with Gasteiger partial charge in [0.1, 0.15) is 0 Å². The highest BCUT2D eigenvalue weighted by Gasteiger charge is 2.28. The largest absolute Gasteiger partial charge is 0.352 e. The van der Waals surface area contributed by atoms with E-state index in [9.17, 15) is 4.79 Å². The van der Waals surface area contributed by atoms with E-state index in [2.05, 4.69) is 38.8 Å². The van der Waals surface area contributed by atoms with Crippen LogP contribution in [0.5, 0.6) is 0 Å². The molecule has 1 aromatic heterocycles. The number of hydrogen-bond acceptors (Lipinski definition) is 2. The number of carbonyl (C=O) groups excluding carboxylic acids is 1. The molecule has 16 heavy (non-hydrogen) atoms. The van der Waals surface area contributed by atoms with E-state index in [1.54, 1.807) is 11.3 Å². The van der Waals surface area contributed by atoms with Gasteiger partial charge in [-0.05, 0) is 31.5 Å². The van der Waals surface area contributed by atoms with Crippen molar-refractivity contribution in [3.05, 3.63) is 15.3 Å². The predicted octanol–water partition coefficient (Wildman–Crippen LogP) is 2.66. The second kappa shape index (κ2) is 4.71. The average molecular weight is 255 g/mol. The van der Waals surface area contributed by atoms with Crippen molar-refractivity contribution in [1.29, 1.82) is 0 Å². The molecule has 0 unspecified atom stereocenters. The first-order valence-corrected chi connectivity index (χ1v) is 9.99. The van der Waals surface area contributed by atoms with Crippen molar-refractivity contribution in [2.24, 2.45) is 0 Å². The van der Waals surface area contributed by atoms with Gasteiger partial charge in [0.25, 0.3) is 5.91 Å². The minimum Gasteiger partial charge on any atom is -0.352 e. The SMILES string of the molecule is CCNC(=O)c1sc(C)c(C)c1[Si](C)(C)C.